The minimum absolute atomic E-state index is 0. The summed E-state index contributed by atoms with van der Waals surface area (Å²) in [5, 5.41) is 17.4. The predicted octanol–water partition coefficient (Wildman–Crippen LogP) is -3.90. The Morgan fingerprint density at radius 3 is 1.23 bits per heavy atom. The molecule has 0 bridgehead atoms. The Hall–Kier alpha value is -0.840. The Bertz CT molecular complexity index is 323. The molecule has 0 aromatic rings. The molecule has 0 unspecified atom stereocenters. The van der Waals surface area contributed by atoms with Gasteiger partial charge in [-0.25, -0.2) is 0 Å². The molecule has 0 amide bonds. The number of Topliss-reactive ketones (excluding diaryl/α,β-unsaturated/α-hetero) is 2. The molecular formula is C12H23N3NaO6+. The van der Waals surface area contributed by atoms with E-state index in [-0.39, 0.29) is 73.5 Å². The maximum atomic E-state index is 11.1. The number of carboxylic acids is 2. The zero-order valence-corrected chi connectivity index (χ0v) is 15.4. The van der Waals surface area contributed by atoms with Crippen LogP contribution in [0.4, 0.5) is 0 Å². The fourth-order valence-electron chi connectivity index (χ4n) is 1.72. The van der Waals surface area contributed by atoms with Crippen LogP contribution in [0, 0.1) is 0 Å². The van der Waals surface area contributed by atoms with E-state index in [1.54, 1.807) is 4.90 Å². The molecule has 5 N–H and O–H groups in total. The van der Waals surface area contributed by atoms with Crippen LogP contribution in [0.5, 0.6) is 0 Å². The smallest absolute Gasteiger partial charge is 0.480 e. The molecule has 0 aliphatic heterocycles. The third-order valence-corrected chi connectivity index (χ3v) is 2.34. The third kappa shape index (κ3) is 15.5. The Balaban J connectivity index is -0.00000180. The van der Waals surface area contributed by atoms with Gasteiger partial charge >= 0.3 is 41.5 Å². The summed E-state index contributed by atoms with van der Waals surface area (Å²) in [6.07, 6.45) is 0. The van der Waals surface area contributed by atoms with Crippen molar-refractivity contribution in [2.45, 2.75) is 13.8 Å². The van der Waals surface area contributed by atoms with Gasteiger partial charge in [-0.2, -0.15) is 0 Å². The first-order valence-electron chi connectivity index (χ1n) is 6.08. The summed E-state index contributed by atoms with van der Waals surface area (Å²) in [4.78, 5) is 46.2. The first kappa shape index (κ1) is 26.1. The summed E-state index contributed by atoms with van der Waals surface area (Å²) in [7, 11) is 0. The molecule has 0 fully saturated rings. The van der Waals surface area contributed by atoms with Crippen LogP contribution in [0.15, 0.2) is 0 Å². The van der Waals surface area contributed by atoms with E-state index in [0.29, 0.717) is 0 Å². The van der Waals surface area contributed by atoms with Crippen molar-refractivity contribution in [3.63, 3.8) is 0 Å². The number of nitrogens with zero attached hydrogens (tertiary/aromatic N) is 2. The molecule has 0 heterocycles. The average molecular weight is 328 g/mol. The van der Waals surface area contributed by atoms with E-state index in [9.17, 15) is 19.2 Å². The molecule has 0 aromatic carbocycles. The van der Waals surface area contributed by atoms with Crippen LogP contribution in [0.2, 0.25) is 0 Å². The maximum Gasteiger partial charge on any atom is 1.00 e. The SMILES string of the molecule is CC(=O)CN(CCN(CC(=O)O)CC(=O)O)CC(C)=O.N.[Na+]. The number of aliphatic carboxylic acids is 2. The Labute approximate surface area is 151 Å². The van der Waals surface area contributed by atoms with Crippen molar-refractivity contribution in [3.8, 4) is 0 Å². The molecular weight excluding hydrogens is 305 g/mol. The van der Waals surface area contributed by atoms with E-state index < -0.39 is 25.0 Å². The van der Waals surface area contributed by atoms with Crippen LogP contribution < -0.4 is 35.7 Å². The van der Waals surface area contributed by atoms with Crippen LogP contribution in [-0.2, 0) is 19.2 Å². The molecule has 22 heavy (non-hydrogen) atoms. The number of hydrogen-bond acceptors (Lipinski definition) is 7. The topological polar surface area (TPSA) is 150 Å². The standard InChI is InChI=1S/C12H20N2O6.H3N.Na/c1-9(15)5-13(6-10(2)16)3-4-14(7-11(17)18)8-12(19)20;;/h3-8H2,1-2H3,(H,17,18)(H,19,20);1H3;/q;;+1. The molecule has 0 aromatic heterocycles. The van der Waals surface area contributed by atoms with Gasteiger partial charge in [-0.1, -0.05) is 0 Å². The number of rotatable bonds is 11. The monoisotopic (exact) mass is 328 g/mol. The summed E-state index contributed by atoms with van der Waals surface area (Å²) >= 11 is 0. The molecule has 0 saturated heterocycles. The van der Waals surface area contributed by atoms with Crippen LogP contribution in [-0.4, -0.2) is 82.8 Å². The van der Waals surface area contributed by atoms with Crippen LogP contribution in [0.3, 0.4) is 0 Å². The third-order valence-electron chi connectivity index (χ3n) is 2.34. The zero-order valence-electron chi connectivity index (χ0n) is 13.4. The summed E-state index contributed by atoms with van der Waals surface area (Å²) in [6, 6.07) is 0. The average Bonchev–Trinajstić information content (AvgIpc) is 2.22. The minimum Gasteiger partial charge on any atom is -0.480 e. The van der Waals surface area contributed by atoms with E-state index in [4.69, 9.17) is 10.2 Å². The molecule has 0 spiro atoms. The normalized spacial score (nSPS) is 9.82. The van der Waals surface area contributed by atoms with E-state index in [1.165, 1.54) is 18.7 Å². The summed E-state index contributed by atoms with van der Waals surface area (Å²) in [5.41, 5.74) is 0. The Morgan fingerprint density at radius 2 is 1.00 bits per heavy atom. The Kier molecular flexibility index (Phi) is 16.4. The largest absolute Gasteiger partial charge is 1.00 e. The summed E-state index contributed by atoms with van der Waals surface area (Å²) in [5.74, 6) is -2.49. The number of ketones is 2. The van der Waals surface area contributed by atoms with Gasteiger partial charge in [0.15, 0.2) is 0 Å². The van der Waals surface area contributed by atoms with Crippen molar-refractivity contribution in [1.82, 2.24) is 16.0 Å². The molecule has 0 rings (SSSR count). The van der Waals surface area contributed by atoms with Gasteiger partial charge in [0.2, 0.25) is 0 Å². The van der Waals surface area contributed by atoms with Gasteiger partial charge in [0.1, 0.15) is 11.6 Å². The summed E-state index contributed by atoms with van der Waals surface area (Å²) < 4.78 is 0. The number of hydrogen-bond donors (Lipinski definition) is 3. The number of carboxylic acid groups (broad SMARTS) is 2. The van der Waals surface area contributed by atoms with E-state index >= 15 is 0 Å². The second-order valence-electron chi connectivity index (χ2n) is 4.61. The van der Waals surface area contributed by atoms with Crippen molar-refractivity contribution >= 4 is 23.5 Å². The van der Waals surface area contributed by atoms with Gasteiger partial charge in [0.05, 0.1) is 26.2 Å². The van der Waals surface area contributed by atoms with Crippen molar-refractivity contribution in [1.29, 1.82) is 0 Å². The van der Waals surface area contributed by atoms with Gasteiger partial charge < -0.3 is 16.4 Å². The fraction of sp³-hybridized carbons (Fsp3) is 0.667. The molecule has 0 aliphatic carbocycles. The molecule has 10 heteroatoms. The van der Waals surface area contributed by atoms with Gasteiger partial charge in [-0.15, -0.1) is 0 Å². The van der Waals surface area contributed by atoms with Gasteiger partial charge in [0.25, 0.3) is 0 Å². The van der Waals surface area contributed by atoms with Crippen molar-refractivity contribution in [2.75, 3.05) is 39.3 Å². The minimum atomic E-state index is -1.13. The van der Waals surface area contributed by atoms with Crippen LogP contribution in [0.1, 0.15) is 13.8 Å². The van der Waals surface area contributed by atoms with Crippen LogP contribution in [0.25, 0.3) is 0 Å². The second kappa shape index (κ2) is 13.8. The first-order chi connectivity index (χ1) is 9.20. The fourth-order valence-corrected chi connectivity index (χ4v) is 1.72. The number of carbonyl (C=O) groups is 4. The van der Waals surface area contributed by atoms with Gasteiger partial charge in [0, 0.05) is 13.1 Å². The first-order valence-corrected chi connectivity index (χ1v) is 6.08. The van der Waals surface area contributed by atoms with Crippen molar-refractivity contribution < 1.29 is 58.9 Å². The Morgan fingerprint density at radius 1 is 0.727 bits per heavy atom. The van der Waals surface area contributed by atoms with E-state index in [0.717, 1.165) is 0 Å². The van der Waals surface area contributed by atoms with Crippen molar-refractivity contribution in [2.24, 2.45) is 0 Å². The number of carbonyl (C=O) groups excluding carboxylic acids is 2. The quantitative estimate of drug-likeness (QED) is 0.323. The second-order valence-corrected chi connectivity index (χ2v) is 4.61. The molecule has 0 radical (unpaired) electrons. The van der Waals surface area contributed by atoms with Gasteiger partial charge in [-0.05, 0) is 13.8 Å². The molecule has 9 nitrogen and oxygen atoms in total. The molecule has 122 valence electrons. The van der Waals surface area contributed by atoms with E-state index in [1.807, 2.05) is 0 Å². The predicted molar refractivity (Wildman–Crippen MR) is 74.5 cm³/mol. The molecule has 0 atom stereocenters. The zero-order chi connectivity index (χ0) is 15.7. The summed E-state index contributed by atoms with van der Waals surface area (Å²) in [6.45, 7) is 2.53. The van der Waals surface area contributed by atoms with Crippen LogP contribution >= 0.6 is 0 Å². The molecule has 0 aliphatic rings. The molecule has 0 saturated carbocycles. The van der Waals surface area contributed by atoms with Crippen molar-refractivity contribution in [3.05, 3.63) is 0 Å². The maximum absolute atomic E-state index is 11.1. The van der Waals surface area contributed by atoms with Gasteiger partial charge in [-0.3, -0.25) is 29.0 Å². The van der Waals surface area contributed by atoms with E-state index in [2.05, 4.69) is 0 Å².